The van der Waals surface area contributed by atoms with E-state index >= 15 is 0 Å². The van der Waals surface area contributed by atoms with Gasteiger partial charge in [-0.1, -0.05) is 12.1 Å². The molecule has 1 saturated heterocycles. The SMILES string of the molecule is OC[C@@H]1[C@@H](O)[C@H](O)[C@@H](O)CN1CCc1ccc(C(F)(F)F)cc1. The Labute approximate surface area is 131 Å². The number of aliphatic hydroxyl groups is 4. The molecule has 1 aromatic rings. The largest absolute Gasteiger partial charge is 0.416 e. The highest BCUT2D eigenvalue weighted by atomic mass is 19.4. The number of benzene rings is 1. The number of hydrogen-bond donors (Lipinski definition) is 4. The van der Waals surface area contributed by atoms with E-state index in [0.29, 0.717) is 18.5 Å². The number of halogens is 3. The molecule has 0 radical (unpaired) electrons. The molecule has 1 fully saturated rings. The lowest BCUT2D eigenvalue weighted by Gasteiger charge is -2.43. The van der Waals surface area contributed by atoms with Gasteiger partial charge >= 0.3 is 6.18 Å². The molecular weight excluding hydrogens is 315 g/mol. The molecule has 0 bridgehead atoms. The first-order valence-electron chi connectivity index (χ1n) is 7.29. The minimum Gasteiger partial charge on any atom is -0.395 e. The molecular formula is C15H20F3NO4. The number of rotatable bonds is 4. The average molecular weight is 335 g/mol. The summed E-state index contributed by atoms with van der Waals surface area (Å²) in [6, 6.07) is 4.04. The third-order valence-corrected chi connectivity index (χ3v) is 4.18. The van der Waals surface area contributed by atoms with Crippen molar-refractivity contribution in [3.8, 4) is 0 Å². The molecule has 2 rings (SSSR count). The number of piperidine rings is 1. The third kappa shape index (κ3) is 4.21. The molecule has 23 heavy (non-hydrogen) atoms. The number of likely N-dealkylation sites (tertiary alicyclic amines) is 1. The highest BCUT2D eigenvalue weighted by molar-refractivity contribution is 5.24. The van der Waals surface area contributed by atoms with Crippen LogP contribution in [0.1, 0.15) is 11.1 Å². The lowest BCUT2D eigenvalue weighted by molar-refractivity contribution is -0.144. The second-order valence-corrected chi connectivity index (χ2v) is 5.74. The Bertz CT molecular complexity index is 508. The summed E-state index contributed by atoms with van der Waals surface area (Å²) in [5, 5.41) is 38.5. The minimum atomic E-state index is -4.38. The zero-order valence-corrected chi connectivity index (χ0v) is 12.3. The van der Waals surface area contributed by atoms with Crippen LogP contribution in [-0.2, 0) is 12.6 Å². The van der Waals surface area contributed by atoms with Crippen LogP contribution in [0.25, 0.3) is 0 Å². The van der Waals surface area contributed by atoms with Crippen molar-refractivity contribution >= 4 is 0 Å². The van der Waals surface area contributed by atoms with Crippen molar-refractivity contribution in [2.75, 3.05) is 19.7 Å². The quantitative estimate of drug-likeness (QED) is 0.623. The van der Waals surface area contributed by atoms with Crippen LogP contribution in [0, 0.1) is 0 Å². The summed E-state index contributed by atoms with van der Waals surface area (Å²) >= 11 is 0. The summed E-state index contributed by atoms with van der Waals surface area (Å²) < 4.78 is 37.5. The predicted molar refractivity (Wildman–Crippen MR) is 75.6 cm³/mol. The van der Waals surface area contributed by atoms with Gasteiger partial charge in [-0.25, -0.2) is 0 Å². The fourth-order valence-corrected chi connectivity index (χ4v) is 2.77. The smallest absolute Gasteiger partial charge is 0.395 e. The van der Waals surface area contributed by atoms with Crippen LogP contribution in [0.5, 0.6) is 0 Å². The second-order valence-electron chi connectivity index (χ2n) is 5.74. The first kappa shape index (κ1) is 18.2. The number of nitrogens with zero attached hydrogens (tertiary/aromatic N) is 1. The van der Waals surface area contributed by atoms with Crippen LogP contribution in [0.3, 0.4) is 0 Å². The molecule has 0 unspecified atom stereocenters. The number of alkyl halides is 3. The number of aliphatic hydroxyl groups excluding tert-OH is 4. The van der Waals surface area contributed by atoms with Crippen LogP contribution >= 0.6 is 0 Å². The molecule has 1 aromatic carbocycles. The summed E-state index contributed by atoms with van der Waals surface area (Å²) in [6.07, 6.45) is -7.73. The van der Waals surface area contributed by atoms with Gasteiger partial charge in [0.25, 0.3) is 0 Å². The lowest BCUT2D eigenvalue weighted by atomic mass is 9.94. The predicted octanol–water partition coefficient (Wildman–Crippen LogP) is 0.00710. The van der Waals surface area contributed by atoms with Crippen molar-refractivity contribution in [3.05, 3.63) is 35.4 Å². The maximum Gasteiger partial charge on any atom is 0.416 e. The van der Waals surface area contributed by atoms with Crippen molar-refractivity contribution in [1.82, 2.24) is 4.90 Å². The Balaban J connectivity index is 1.99. The van der Waals surface area contributed by atoms with Gasteiger partial charge in [0.05, 0.1) is 24.3 Å². The molecule has 1 heterocycles. The van der Waals surface area contributed by atoms with Gasteiger partial charge in [0.15, 0.2) is 0 Å². The van der Waals surface area contributed by atoms with E-state index in [1.165, 1.54) is 12.1 Å². The minimum absolute atomic E-state index is 0.0735. The fraction of sp³-hybridized carbons (Fsp3) is 0.600. The zero-order valence-electron chi connectivity index (χ0n) is 12.3. The van der Waals surface area contributed by atoms with Gasteiger partial charge in [0, 0.05) is 13.1 Å². The Kier molecular flexibility index (Phi) is 5.64. The van der Waals surface area contributed by atoms with E-state index in [0.717, 1.165) is 12.1 Å². The van der Waals surface area contributed by atoms with Crippen molar-refractivity contribution in [3.63, 3.8) is 0 Å². The number of β-amino-alcohol motifs (C(OH)–C–C–N with tert-alkyl or cyclic N) is 1. The summed E-state index contributed by atoms with van der Waals surface area (Å²) in [7, 11) is 0. The molecule has 130 valence electrons. The van der Waals surface area contributed by atoms with Crippen molar-refractivity contribution in [1.29, 1.82) is 0 Å². The van der Waals surface area contributed by atoms with E-state index in [4.69, 9.17) is 0 Å². The Morgan fingerprint density at radius 3 is 2.17 bits per heavy atom. The molecule has 1 aliphatic rings. The van der Waals surface area contributed by atoms with E-state index in [-0.39, 0.29) is 6.54 Å². The molecule has 4 N–H and O–H groups in total. The Hall–Kier alpha value is -1.19. The molecule has 5 nitrogen and oxygen atoms in total. The van der Waals surface area contributed by atoms with Gasteiger partial charge in [-0.15, -0.1) is 0 Å². The van der Waals surface area contributed by atoms with Crippen molar-refractivity contribution in [2.24, 2.45) is 0 Å². The maximum atomic E-state index is 12.5. The maximum absolute atomic E-state index is 12.5. The second kappa shape index (κ2) is 7.14. The van der Waals surface area contributed by atoms with E-state index in [9.17, 15) is 33.6 Å². The Morgan fingerprint density at radius 2 is 1.65 bits per heavy atom. The van der Waals surface area contributed by atoms with Crippen LogP contribution in [0.4, 0.5) is 13.2 Å². The van der Waals surface area contributed by atoms with Crippen LogP contribution < -0.4 is 0 Å². The van der Waals surface area contributed by atoms with Gasteiger partial charge in [-0.05, 0) is 24.1 Å². The van der Waals surface area contributed by atoms with Gasteiger partial charge in [0.1, 0.15) is 12.2 Å². The van der Waals surface area contributed by atoms with Crippen LogP contribution in [-0.4, -0.2) is 69.4 Å². The molecule has 0 saturated carbocycles. The molecule has 0 spiro atoms. The van der Waals surface area contributed by atoms with Crippen molar-refractivity contribution in [2.45, 2.75) is 37.0 Å². The fourth-order valence-electron chi connectivity index (χ4n) is 2.77. The molecule has 0 aromatic heterocycles. The van der Waals surface area contributed by atoms with Gasteiger partial charge in [0.2, 0.25) is 0 Å². The Morgan fingerprint density at radius 1 is 1.04 bits per heavy atom. The van der Waals surface area contributed by atoms with Gasteiger partial charge in [-0.2, -0.15) is 13.2 Å². The van der Waals surface area contributed by atoms with Crippen LogP contribution in [0.2, 0.25) is 0 Å². The summed E-state index contributed by atoms with van der Waals surface area (Å²) in [6.45, 7) is 0.0134. The first-order chi connectivity index (χ1) is 10.7. The van der Waals surface area contributed by atoms with E-state index < -0.39 is 42.7 Å². The van der Waals surface area contributed by atoms with Gasteiger partial charge < -0.3 is 20.4 Å². The summed E-state index contributed by atoms with van der Waals surface area (Å²) in [4.78, 5) is 1.62. The average Bonchev–Trinajstić information content (AvgIpc) is 2.50. The van der Waals surface area contributed by atoms with E-state index in [2.05, 4.69) is 0 Å². The van der Waals surface area contributed by atoms with Crippen molar-refractivity contribution < 1.29 is 33.6 Å². The standard InChI is InChI=1S/C15H20F3NO4/c16-15(17,18)10-3-1-9(2-4-10)5-6-19-7-12(21)14(23)13(22)11(19)8-20/h1-4,11-14,20-23H,5-8H2/t11-,12+,13-,14-/m1/s1. The summed E-state index contributed by atoms with van der Waals surface area (Å²) in [5.74, 6) is 0. The molecule has 1 aliphatic heterocycles. The monoisotopic (exact) mass is 335 g/mol. The lowest BCUT2D eigenvalue weighted by Crippen LogP contribution is -2.62. The highest BCUT2D eigenvalue weighted by Crippen LogP contribution is 2.29. The molecule has 0 aliphatic carbocycles. The summed E-state index contributed by atoms with van der Waals surface area (Å²) in [5.41, 5.74) is -0.0498. The zero-order chi connectivity index (χ0) is 17.2. The molecule has 0 amide bonds. The van der Waals surface area contributed by atoms with E-state index in [1.807, 2.05) is 0 Å². The van der Waals surface area contributed by atoms with Gasteiger partial charge in [-0.3, -0.25) is 4.90 Å². The van der Waals surface area contributed by atoms with E-state index in [1.54, 1.807) is 4.90 Å². The highest BCUT2D eigenvalue weighted by Gasteiger charge is 2.40. The molecule has 8 heteroatoms. The van der Waals surface area contributed by atoms with Crippen LogP contribution in [0.15, 0.2) is 24.3 Å². The first-order valence-corrected chi connectivity index (χ1v) is 7.29. The number of hydrogen-bond acceptors (Lipinski definition) is 5. The normalized spacial score (nSPS) is 29.7. The molecule has 4 atom stereocenters. The third-order valence-electron chi connectivity index (χ3n) is 4.18. The topological polar surface area (TPSA) is 84.2 Å².